The molecule has 0 saturated carbocycles. The molecule has 1 aliphatic heterocycles. The molecule has 0 aromatic carbocycles. The number of carboxylic acid groups (broad SMARTS) is 1. The van der Waals surface area contributed by atoms with Gasteiger partial charge < -0.3 is 9.52 Å². The SMILES string of the molecule is Cc1ccsc1C(c1ccco1)N1CCCC1C(=O)O. The largest absolute Gasteiger partial charge is 0.480 e. The van der Waals surface area contributed by atoms with Crippen LogP contribution in [0.15, 0.2) is 34.3 Å². The molecule has 2 atom stereocenters. The van der Waals surface area contributed by atoms with Crippen molar-refractivity contribution in [2.24, 2.45) is 0 Å². The fraction of sp³-hybridized carbons (Fsp3) is 0.400. The molecular formula is C15H17NO3S. The Morgan fingerprint density at radius 3 is 3.00 bits per heavy atom. The van der Waals surface area contributed by atoms with E-state index >= 15 is 0 Å². The number of carbonyl (C=O) groups is 1. The molecule has 3 heterocycles. The van der Waals surface area contributed by atoms with Gasteiger partial charge in [0.05, 0.1) is 6.26 Å². The molecule has 3 rings (SSSR count). The average molecular weight is 291 g/mol. The lowest BCUT2D eigenvalue weighted by Crippen LogP contribution is -2.39. The van der Waals surface area contributed by atoms with Gasteiger partial charge in [0.1, 0.15) is 17.8 Å². The van der Waals surface area contributed by atoms with Crippen molar-refractivity contribution in [2.45, 2.75) is 31.8 Å². The molecule has 2 aromatic rings. The van der Waals surface area contributed by atoms with E-state index in [1.165, 1.54) is 10.4 Å². The third kappa shape index (κ3) is 2.27. The molecule has 0 spiro atoms. The van der Waals surface area contributed by atoms with Crippen LogP contribution in [0.2, 0.25) is 0 Å². The van der Waals surface area contributed by atoms with Crippen LogP contribution in [0.25, 0.3) is 0 Å². The first-order valence-corrected chi connectivity index (χ1v) is 7.62. The van der Waals surface area contributed by atoms with E-state index in [-0.39, 0.29) is 6.04 Å². The van der Waals surface area contributed by atoms with E-state index in [2.05, 4.69) is 17.9 Å². The molecule has 0 amide bonds. The summed E-state index contributed by atoms with van der Waals surface area (Å²) in [6.45, 7) is 2.85. The lowest BCUT2D eigenvalue weighted by atomic mass is 10.1. The van der Waals surface area contributed by atoms with Gasteiger partial charge in [0.2, 0.25) is 0 Å². The highest BCUT2D eigenvalue weighted by Crippen LogP contribution is 2.38. The molecule has 4 nitrogen and oxygen atoms in total. The summed E-state index contributed by atoms with van der Waals surface area (Å²) in [5, 5.41) is 11.5. The van der Waals surface area contributed by atoms with Crippen LogP contribution < -0.4 is 0 Å². The fourth-order valence-electron chi connectivity index (χ4n) is 2.92. The Kier molecular flexibility index (Phi) is 3.63. The Bertz CT molecular complexity index is 590. The van der Waals surface area contributed by atoms with E-state index in [1.54, 1.807) is 17.6 Å². The molecule has 1 N–H and O–H groups in total. The first-order valence-electron chi connectivity index (χ1n) is 6.74. The van der Waals surface area contributed by atoms with Gasteiger partial charge in [0, 0.05) is 11.4 Å². The number of rotatable bonds is 4. The van der Waals surface area contributed by atoms with Crippen LogP contribution in [0.4, 0.5) is 0 Å². The van der Waals surface area contributed by atoms with Crippen LogP contribution in [-0.2, 0) is 4.79 Å². The predicted octanol–water partition coefficient (Wildman–Crippen LogP) is 3.29. The maximum Gasteiger partial charge on any atom is 0.320 e. The van der Waals surface area contributed by atoms with Crippen LogP contribution in [-0.4, -0.2) is 28.6 Å². The van der Waals surface area contributed by atoms with E-state index in [1.807, 2.05) is 17.5 Å². The van der Waals surface area contributed by atoms with Gasteiger partial charge in [-0.25, -0.2) is 0 Å². The van der Waals surface area contributed by atoms with Crippen LogP contribution in [0, 0.1) is 6.92 Å². The number of aryl methyl sites for hydroxylation is 1. The molecule has 0 aliphatic carbocycles. The third-order valence-electron chi connectivity index (χ3n) is 3.87. The maximum atomic E-state index is 11.5. The van der Waals surface area contributed by atoms with Gasteiger partial charge in [-0.1, -0.05) is 0 Å². The minimum Gasteiger partial charge on any atom is -0.480 e. The molecule has 5 heteroatoms. The summed E-state index contributed by atoms with van der Waals surface area (Å²) in [6.07, 6.45) is 3.27. The van der Waals surface area contributed by atoms with Gasteiger partial charge in [0.25, 0.3) is 0 Å². The quantitative estimate of drug-likeness (QED) is 0.939. The molecular weight excluding hydrogens is 274 g/mol. The first kappa shape index (κ1) is 13.4. The van der Waals surface area contributed by atoms with E-state index in [0.29, 0.717) is 6.42 Å². The Morgan fingerprint density at radius 2 is 2.40 bits per heavy atom. The second kappa shape index (κ2) is 5.42. The van der Waals surface area contributed by atoms with E-state index in [9.17, 15) is 9.90 Å². The number of likely N-dealkylation sites (tertiary alicyclic amines) is 1. The molecule has 20 heavy (non-hydrogen) atoms. The van der Waals surface area contributed by atoms with Crippen molar-refractivity contribution in [3.05, 3.63) is 46.0 Å². The van der Waals surface area contributed by atoms with Crippen molar-refractivity contribution in [3.63, 3.8) is 0 Å². The van der Waals surface area contributed by atoms with Gasteiger partial charge in [-0.15, -0.1) is 11.3 Å². The Hall–Kier alpha value is -1.59. The molecule has 2 aromatic heterocycles. The zero-order chi connectivity index (χ0) is 14.1. The van der Waals surface area contributed by atoms with Crippen molar-refractivity contribution < 1.29 is 14.3 Å². The van der Waals surface area contributed by atoms with Crippen molar-refractivity contribution in [2.75, 3.05) is 6.54 Å². The molecule has 0 bridgehead atoms. The Balaban J connectivity index is 2.02. The second-order valence-electron chi connectivity index (χ2n) is 5.12. The molecule has 106 valence electrons. The summed E-state index contributed by atoms with van der Waals surface area (Å²) in [5.41, 5.74) is 1.19. The van der Waals surface area contributed by atoms with Gasteiger partial charge >= 0.3 is 5.97 Å². The standard InChI is InChI=1S/C15H17NO3S/c1-10-6-9-20-14(10)13(12-5-3-8-19-12)16-7-2-4-11(16)15(17)18/h3,5-6,8-9,11,13H,2,4,7H2,1H3,(H,17,18). The molecule has 0 radical (unpaired) electrons. The van der Waals surface area contributed by atoms with Crippen molar-refractivity contribution >= 4 is 17.3 Å². The number of carboxylic acids is 1. The fourth-order valence-corrected chi connectivity index (χ4v) is 3.97. The van der Waals surface area contributed by atoms with E-state index in [0.717, 1.165) is 18.7 Å². The number of nitrogens with zero attached hydrogens (tertiary/aromatic N) is 1. The number of hydrogen-bond acceptors (Lipinski definition) is 4. The van der Waals surface area contributed by atoms with Crippen molar-refractivity contribution in [3.8, 4) is 0 Å². The van der Waals surface area contributed by atoms with Gasteiger partial charge in [0.15, 0.2) is 0 Å². The lowest BCUT2D eigenvalue weighted by Gasteiger charge is -2.29. The average Bonchev–Trinajstić information content (AvgIpc) is 3.13. The highest BCUT2D eigenvalue weighted by Gasteiger charge is 2.38. The van der Waals surface area contributed by atoms with Crippen LogP contribution in [0.5, 0.6) is 0 Å². The summed E-state index contributed by atoms with van der Waals surface area (Å²) < 4.78 is 5.59. The Labute approximate surface area is 121 Å². The van der Waals surface area contributed by atoms with Crippen LogP contribution >= 0.6 is 11.3 Å². The second-order valence-corrected chi connectivity index (χ2v) is 6.07. The predicted molar refractivity (Wildman–Crippen MR) is 77.0 cm³/mol. The van der Waals surface area contributed by atoms with Crippen molar-refractivity contribution in [1.29, 1.82) is 0 Å². The smallest absolute Gasteiger partial charge is 0.320 e. The molecule has 1 aliphatic rings. The molecule has 1 fully saturated rings. The van der Waals surface area contributed by atoms with Crippen LogP contribution in [0.1, 0.15) is 35.1 Å². The highest BCUT2D eigenvalue weighted by atomic mass is 32.1. The first-order chi connectivity index (χ1) is 9.68. The summed E-state index contributed by atoms with van der Waals surface area (Å²) >= 11 is 1.66. The van der Waals surface area contributed by atoms with Gasteiger partial charge in [-0.3, -0.25) is 9.69 Å². The summed E-state index contributed by atoms with van der Waals surface area (Å²) in [4.78, 5) is 14.7. The zero-order valence-corrected chi connectivity index (χ0v) is 12.1. The molecule has 1 saturated heterocycles. The lowest BCUT2D eigenvalue weighted by molar-refractivity contribution is -0.142. The minimum absolute atomic E-state index is 0.0893. The van der Waals surface area contributed by atoms with Gasteiger partial charge in [-0.05, 0) is 48.9 Å². The van der Waals surface area contributed by atoms with Crippen molar-refractivity contribution in [1.82, 2.24) is 4.90 Å². The van der Waals surface area contributed by atoms with Gasteiger partial charge in [-0.2, -0.15) is 0 Å². The molecule has 2 unspecified atom stereocenters. The summed E-state index contributed by atoms with van der Waals surface area (Å²) in [7, 11) is 0. The normalized spacial score (nSPS) is 21.1. The highest BCUT2D eigenvalue weighted by molar-refractivity contribution is 7.10. The maximum absolute atomic E-state index is 11.5. The number of aliphatic carboxylic acids is 1. The van der Waals surface area contributed by atoms with Crippen LogP contribution in [0.3, 0.4) is 0 Å². The van der Waals surface area contributed by atoms with E-state index < -0.39 is 12.0 Å². The number of hydrogen-bond donors (Lipinski definition) is 1. The topological polar surface area (TPSA) is 53.7 Å². The zero-order valence-electron chi connectivity index (χ0n) is 11.3. The third-order valence-corrected chi connectivity index (χ3v) is 4.94. The Morgan fingerprint density at radius 1 is 1.55 bits per heavy atom. The minimum atomic E-state index is -0.742. The summed E-state index contributed by atoms with van der Waals surface area (Å²) in [6, 6.07) is 5.35. The monoisotopic (exact) mass is 291 g/mol. The number of furan rings is 1. The summed E-state index contributed by atoms with van der Waals surface area (Å²) in [5.74, 6) is 0.0805. The van der Waals surface area contributed by atoms with E-state index in [4.69, 9.17) is 4.42 Å². The number of thiophene rings is 1.